The monoisotopic (exact) mass is 437 g/mol. The van der Waals surface area contributed by atoms with E-state index in [0.29, 0.717) is 45.1 Å². The molecule has 1 saturated heterocycles. The summed E-state index contributed by atoms with van der Waals surface area (Å²) in [5.41, 5.74) is -0.602. The zero-order valence-electron chi connectivity index (χ0n) is 16.9. The van der Waals surface area contributed by atoms with Crippen LogP contribution in [0, 0.1) is 10.1 Å². The highest BCUT2D eigenvalue weighted by atomic mass is 19.4. The van der Waals surface area contributed by atoms with E-state index in [9.17, 15) is 28.1 Å². The van der Waals surface area contributed by atoms with Crippen LogP contribution in [-0.4, -0.2) is 49.0 Å². The van der Waals surface area contributed by atoms with Gasteiger partial charge in [0.1, 0.15) is 11.4 Å². The lowest BCUT2D eigenvalue weighted by molar-refractivity contribution is -0.384. The van der Waals surface area contributed by atoms with Gasteiger partial charge >= 0.3 is 6.18 Å². The largest absolute Gasteiger partial charge is 0.496 e. The SMILES string of the molecule is COc1ccccc1CCC(=O)N1CCN(c2ccc(C(F)(F)F)cc2[N+](=O)[O-])CC1. The Labute approximate surface area is 177 Å². The second-order valence-electron chi connectivity index (χ2n) is 7.14. The molecule has 0 unspecified atom stereocenters. The smallest absolute Gasteiger partial charge is 0.416 e. The number of ether oxygens (including phenoxy) is 1. The molecule has 166 valence electrons. The number of para-hydroxylation sites is 1. The molecule has 2 aromatic carbocycles. The third-order valence-electron chi connectivity index (χ3n) is 5.27. The molecule has 3 rings (SSSR count). The second kappa shape index (κ2) is 9.23. The Morgan fingerprint density at radius 3 is 2.42 bits per heavy atom. The van der Waals surface area contributed by atoms with Gasteiger partial charge < -0.3 is 14.5 Å². The molecule has 0 aliphatic carbocycles. The quantitative estimate of drug-likeness (QED) is 0.506. The van der Waals surface area contributed by atoms with Gasteiger partial charge in [0.05, 0.1) is 17.6 Å². The maximum Gasteiger partial charge on any atom is 0.416 e. The van der Waals surface area contributed by atoms with E-state index in [2.05, 4.69) is 0 Å². The number of nitro groups is 1. The zero-order valence-corrected chi connectivity index (χ0v) is 16.9. The predicted molar refractivity (Wildman–Crippen MR) is 108 cm³/mol. The number of aryl methyl sites for hydroxylation is 1. The van der Waals surface area contributed by atoms with Gasteiger partial charge in [-0.25, -0.2) is 0 Å². The first-order valence-electron chi connectivity index (χ1n) is 9.71. The van der Waals surface area contributed by atoms with Crippen LogP contribution in [0.2, 0.25) is 0 Å². The van der Waals surface area contributed by atoms with Gasteiger partial charge in [-0.1, -0.05) is 18.2 Å². The molecule has 2 aromatic rings. The normalized spacial score (nSPS) is 14.5. The number of benzene rings is 2. The number of anilines is 1. The predicted octanol–water partition coefficient (Wildman–Crippen LogP) is 3.90. The highest BCUT2D eigenvalue weighted by Gasteiger charge is 2.34. The lowest BCUT2D eigenvalue weighted by Gasteiger charge is -2.36. The van der Waals surface area contributed by atoms with E-state index in [1.165, 1.54) is 0 Å². The summed E-state index contributed by atoms with van der Waals surface area (Å²) < 4.78 is 44.0. The van der Waals surface area contributed by atoms with E-state index >= 15 is 0 Å². The molecule has 0 spiro atoms. The van der Waals surface area contributed by atoms with Crippen LogP contribution >= 0.6 is 0 Å². The van der Waals surface area contributed by atoms with E-state index in [0.717, 1.165) is 23.4 Å². The van der Waals surface area contributed by atoms with Gasteiger partial charge in [-0.15, -0.1) is 0 Å². The van der Waals surface area contributed by atoms with Crippen molar-refractivity contribution in [1.82, 2.24) is 4.90 Å². The highest BCUT2D eigenvalue weighted by molar-refractivity contribution is 5.77. The Hall–Kier alpha value is -3.30. The number of hydrogen-bond donors (Lipinski definition) is 0. The fourth-order valence-corrected chi connectivity index (χ4v) is 3.62. The topological polar surface area (TPSA) is 75.9 Å². The molecule has 1 aliphatic rings. The molecule has 31 heavy (non-hydrogen) atoms. The Kier molecular flexibility index (Phi) is 6.67. The Morgan fingerprint density at radius 2 is 1.81 bits per heavy atom. The number of methoxy groups -OCH3 is 1. The summed E-state index contributed by atoms with van der Waals surface area (Å²) in [5.74, 6) is 0.669. The standard InChI is InChI=1S/C21H22F3N3O4/c1-31-19-5-3-2-4-15(19)6-9-20(28)26-12-10-25(11-13-26)17-8-7-16(21(22,23)24)14-18(17)27(29)30/h2-5,7-8,14H,6,9-13H2,1H3. The Bertz CT molecular complexity index is 957. The van der Waals surface area contributed by atoms with Crippen LogP contribution in [-0.2, 0) is 17.4 Å². The van der Waals surface area contributed by atoms with E-state index in [1.807, 2.05) is 24.3 Å². The molecule has 1 aliphatic heterocycles. The molecule has 0 radical (unpaired) electrons. The third-order valence-corrected chi connectivity index (χ3v) is 5.27. The van der Waals surface area contributed by atoms with Crippen molar-refractivity contribution in [1.29, 1.82) is 0 Å². The number of alkyl halides is 3. The average molecular weight is 437 g/mol. The zero-order chi connectivity index (χ0) is 22.6. The van der Waals surface area contributed by atoms with Crippen LogP contribution in [0.3, 0.4) is 0 Å². The van der Waals surface area contributed by atoms with Gasteiger partial charge in [-0.2, -0.15) is 13.2 Å². The Morgan fingerprint density at radius 1 is 1.13 bits per heavy atom. The van der Waals surface area contributed by atoms with Crippen molar-refractivity contribution in [3.63, 3.8) is 0 Å². The van der Waals surface area contributed by atoms with Gasteiger partial charge in [-0.3, -0.25) is 14.9 Å². The molecular formula is C21H22F3N3O4. The minimum Gasteiger partial charge on any atom is -0.496 e. The van der Waals surface area contributed by atoms with Crippen LogP contribution in [0.5, 0.6) is 5.75 Å². The number of piperazine rings is 1. The first-order chi connectivity index (χ1) is 14.7. The highest BCUT2D eigenvalue weighted by Crippen LogP contribution is 2.36. The number of rotatable bonds is 6. The maximum atomic E-state index is 12.9. The molecule has 0 N–H and O–H groups in total. The van der Waals surface area contributed by atoms with Crippen molar-refractivity contribution in [3.05, 3.63) is 63.7 Å². The van der Waals surface area contributed by atoms with Crippen LogP contribution < -0.4 is 9.64 Å². The van der Waals surface area contributed by atoms with Gasteiger partial charge in [-0.05, 0) is 30.2 Å². The number of carbonyl (C=O) groups excluding carboxylic acids is 1. The molecule has 0 atom stereocenters. The van der Waals surface area contributed by atoms with Crippen LogP contribution in [0.25, 0.3) is 0 Å². The van der Waals surface area contributed by atoms with Crippen molar-refractivity contribution in [3.8, 4) is 5.75 Å². The van der Waals surface area contributed by atoms with E-state index in [1.54, 1.807) is 16.9 Å². The molecule has 10 heteroatoms. The molecule has 1 heterocycles. The number of carbonyl (C=O) groups is 1. The van der Waals surface area contributed by atoms with E-state index < -0.39 is 22.4 Å². The minimum absolute atomic E-state index is 0.0486. The Balaban J connectivity index is 1.63. The lowest BCUT2D eigenvalue weighted by Crippen LogP contribution is -2.49. The summed E-state index contributed by atoms with van der Waals surface area (Å²) in [6.45, 7) is 1.27. The summed E-state index contributed by atoms with van der Waals surface area (Å²) in [5, 5.41) is 11.3. The van der Waals surface area contributed by atoms with E-state index in [-0.39, 0.29) is 11.6 Å². The van der Waals surface area contributed by atoms with Gasteiger partial charge in [0.15, 0.2) is 0 Å². The summed E-state index contributed by atoms with van der Waals surface area (Å²) in [6, 6.07) is 9.97. The van der Waals surface area contributed by atoms with E-state index in [4.69, 9.17) is 4.74 Å². The molecular weight excluding hydrogens is 415 g/mol. The van der Waals surface area contributed by atoms with Crippen LogP contribution in [0.4, 0.5) is 24.5 Å². The first-order valence-corrected chi connectivity index (χ1v) is 9.71. The average Bonchev–Trinajstić information content (AvgIpc) is 2.76. The first kappa shape index (κ1) is 22.4. The molecule has 0 aromatic heterocycles. The molecule has 0 bridgehead atoms. The van der Waals surface area contributed by atoms with Crippen molar-refractivity contribution in [2.24, 2.45) is 0 Å². The molecule has 1 fully saturated rings. The third kappa shape index (κ3) is 5.25. The molecule has 0 saturated carbocycles. The van der Waals surface area contributed by atoms with Gasteiger partial charge in [0, 0.05) is 38.7 Å². The number of halogens is 3. The summed E-state index contributed by atoms with van der Waals surface area (Å²) in [4.78, 5) is 26.4. The van der Waals surface area contributed by atoms with Gasteiger partial charge in [0.25, 0.3) is 5.69 Å². The van der Waals surface area contributed by atoms with Crippen LogP contribution in [0.15, 0.2) is 42.5 Å². The number of hydrogen-bond acceptors (Lipinski definition) is 5. The summed E-state index contributed by atoms with van der Waals surface area (Å²) in [6.07, 6.45) is -3.84. The maximum absolute atomic E-state index is 12.9. The second-order valence-corrected chi connectivity index (χ2v) is 7.14. The fraction of sp³-hybridized carbons (Fsp3) is 0.381. The van der Waals surface area contributed by atoms with Crippen molar-refractivity contribution < 1.29 is 27.6 Å². The lowest BCUT2D eigenvalue weighted by atomic mass is 10.1. The van der Waals surface area contributed by atoms with Crippen molar-refractivity contribution >= 4 is 17.3 Å². The van der Waals surface area contributed by atoms with Crippen molar-refractivity contribution in [2.45, 2.75) is 19.0 Å². The summed E-state index contributed by atoms with van der Waals surface area (Å²) in [7, 11) is 1.57. The van der Waals surface area contributed by atoms with Crippen LogP contribution in [0.1, 0.15) is 17.5 Å². The fourth-order valence-electron chi connectivity index (χ4n) is 3.62. The molecule has 1 amide bonds. The number of nitro benzene ring substituents is 1. The number of amides is 1. The van der Waals surface area contributed by atoms with Crippen molar-refractivity contribution in [2.75, 3.05) is 38.2 Å². The van der Waals surface area contributed by atoms with Gasteiger partial charge in [0.2, 0.25) is 5.91 Å². The minimum atomic E-state index is -4.66. The summed E-state index contributed by atoms with van der Waals surface area (Å²) >= 11 is 0. The molecule has 7 nitrogen and oxygen atoms in total. The number of nitrogens with zero attached hydrogens (tertiary/aromatic N) is 3.